The van der Waals surface area contributed by atoms with Crippen LogP contribution in [-0.4, -0.2) is 55.1 Å². The number of piperidine rings is 1. The third-order valence-corrected chi connectivity index (χ3v) is 7.01. The molecule has 2 aromatic rings. The summed E-state index contributed by atoms with van der Waals surface area (Å²) in [7, 11) is 2.30. The van der Waals surface area contributed by atoms with Crippen LogP contribution >= 0.6 is 0 Å². The van der Waals surface area contributed by atoms with Gasteiger partial charge in [0, 0.05) is 31.7 Å². The normalized spacial score (nSPS) is 24.7. The molecule has 2 heterocycles. The van der Waals surface area contributed by atoms with Gasteiger partial charge in [-0.25, -0.2) is 0 Å². The van der Waals surface area contributed by atoms with Crippen molar-refractivity contribution in [1.29, 1.82) is 0 Å². The van der Waals surface area contributed by atoms with Crippen LogP contribution in [0.3, 0.4) is 0 Å². The van der Waals surface area contributed by atoms with Gasteiger partial charge >= 0.3 is 0 Å². The molecule has 1 N–H and O–H groups in total. The van der Waals surface area contributed by atoms with Gasteiger partial charge in [0.2, 0.25) is 0 Å². The topological polar surface area (TPSA) is 18.5 Å². The third kappa shape index (κ3) is 3.63. The minimum Gasteiger partial charge on any atom is -0.312 e. The minimum absolute atomic E-state index is 0.0944. The number of nitrogens with zero attached hydrogens (tertiary/aromatic N) is 2. The first kappa shape index (κ1) is 19.6. The summed E-state index contributed by atoms with van der Waals surface area (Å²) in [6, 6.07) is 23.5. The Morgan fingerprint density at radius 3 is 2.14 bits per heavy atom. The zero-order valence-corrected chi connectivity index (χ0v) is 17.5. The van der Waals surface area contributed by atoms with Crippen LogP contribution < -0.4 is 5.32 Å². The Bertz CT molecular complexity index is 684. The molecule has 0 bridgehead atoms. The van der Waals surface area contributed by atoms with E-state index in [1.165, 1.54) is 43.4 Å². The van der Waals surface area contributed by atoms with Crippen molar-refractivity contribution in [2.24, 2.45) is 0 Å². The van der Waals surface area contributed by atoms with E-state index in [9.17, 15) is 0 Å². The van der Waals surface area contributed by atoms with Gasteiger partial charge in [0.05, 0.1) is 5.54 Å². The molecule has 2 aliphatic rings. The molecule has 0 spiro atoms. The average molecular weight is 378 g/mol. The predicted octanol–water partition coefficient (Wildman–Crippen LogP) is 4.10. The summed E-state index contributed by atoms with van der Waals surface area (Å²) >= 11 is 0. The molecule has 2 aromatic carbocycles. The lowest BCUT2D eigenvalue weighted by atomic mass is 9.78. The minimum atomic E-state index is -0.0944. The fourth-order valence-corrected chi connectivity index (χ4v) is 5.47. The van der Waals surface area contributed by atoms with Crippen molar-refractivity contribution < 1.29 is 0 Å². The second-order valence-corrected chi connectivity index (χ2v) is 8.52. The highest BCUT2D eigenvalue weighted by Crippen LogP contribution is 2.39. The van der Waals surface area contributed by atoms with Crippen molar-refractivity contribution in [3.63, 3.8) is 0 Å². The van der Waals surface area contributed by atoms with Gasteiger partial charge < -0.3 is 5.32 Å². The van der Waals surface area contributed by atoms with Crippen LogP contribution in [0.4, 0.5) is 0 Å². The molecule has 3 heteroatoms. The number of benzene rings is 2. The zero-order chi connectivity index (χ0) is 19.4. The molecule has 2 aliphatic heterocycles. The summed E-state index contributed by atoms with van der Waals surface area (Å²) in [5.74, 6) is 0. The quantitative estimate of drug-likeness (QED) is 0.846. The summed E-state index contributed by atoms with van der Waals surface area (Å²) < 4.78 is 0. The van der Waals surface area contributed by atoms with E-state index in [0.717, 1.165) is 19.6 Å². The molecule has 0 amide bonds. The van der Waals surface area contributed by atoms with Crippen molar-refractivity contribution >= 4 is 0 Å². The largest absolute Gasteiger partial charge is 0.312 e. The molecule has 0 aliphatic carbocycles. The molecule has 0 saturated carbocycles. The van der Waals surface area contributed by atoms with E-state index in [-0.39, 0.29) is 5.54 Å². The van der Waals surface area contributed by atoms with Gasteiger partial charge in [-0.3, -0.25) is 9.80 Å². The fourth-order valence-electron chi connectivity index (χ4n) is 5.47. The Hall–Kier alpha value is -1.68. The second kappa shape index (κ2) is 8.77. The molecule has 3 nitrogen and oxygen atoms in total. The second-order valence-electron chi connectivity index (χ2n) is 8.52. The van der Waals surface area contributed by atoms with Crippen LogP contribution in [0.25, 0.3) is 0 Å². The predicted molar refractivity (Wildman–Crippen MR) is 118 cm³/mol. The maximum atomic E-state index is 3.83. The van der Waals surface area contributed by atoms with E-state index in [0.29, 0.717) is 12.1 Å². The molecule has 4 rings (SSSR count). The summed E-state index contributed by atoms with van der Waals surface area (Å²) in [5.41, 5.74) is 2.71. The van der Waals surface area contributed by atoms with Crippen molar-refractivity contribution in [2.75, 3.05) is 33.2 Å². The summed E-state index contributed by atoms with van der Waals surface area (Å²) in [6.45, 7) is 6.83. The zero-order valence-electron chi connectivity index (χ0n) is 17.5. The Kier molecular flexibility index (Phi) is 6.15. The molecule has 0 aromatic heterocycles. The molecular formula is C25H35N3. The first-order valence-corrected chi connectivity index (χ1v) is 11.1. The number of piperazine rings is 1. The lowest BCUT2D eigenvalue weighted by molar-refractivity contribution is 0.00297. The standard InChI is InChI=1S/C25H35N3/c1-3-24(23-16-10-11-17-26-23)28-19-18-27(2)25(20-28,21-12-6-4-7-13-21)22-14-8-5-9-15-22/h4-9,12-15,23-24,26H,3,10-11,16-20H2,1-2H3/t23-,24?/m0/s1. The fraction of sp³-hybridized carbons (Fsp3) is 0.520. The van der Waals surface area contributed by atoms with Gasteiger partial charge in [-0.15, -0.1) is 0 Å². The Morgan fingerprint density at radius 1 is 0.964 bits per heavy atom. The van der Waals surface area contributed by atoms with E-state index in [1.54, 1.807) is 0 Å². The molecule has 2 atom stereocenters. The number of rotatable bonds is 5. The number of hydrogen-bond acceptors (Lipinski definition) is 3. The monoisotopic (exact) mass is 377 g/mol. The molecule has 0 radical (unpaired) electrons. The van der Waals surface area contributed by atoms with Crippen molar-refractivity contribution in [3.05, 3.63) is 71.8 Å². The van der Waals surface area contributed by atoms with Gasteiger partial charge in [0.1, 0.15) is 0 Å². The van der Waals surface area contributed by atoms with Crippen LogP contribution in [0, 0.1) is 0 Å². The van der Waals surface area contributed by atoms with E-state index >= 15 is 0 Å². The highest BCUT2D eigenvalue weighted by molar-refractivity contribution is 5.40. The molecule has 2 saturated heterocycles. The smallest absolute Gasteiger partial charge is 0.0842 e. The van der Waals surface area contributed by atoms with E-state index in [1.807, 2.05) is 0 Å². The third-order valence-electron chi connectivity index (χ3n) is 7.01. The molecule has 150 valence electrons. The lowest BCUT2D eigenvalue weighted by Gasteiger charge is -2.53. The van der Waals surface area contributed by atoms with Gasteiger partial charge in [-0.2, -0.15) is 0 Å². The Balaban J connectivity index is 1.72. The SMILES string of the molecule is CCC([C@@H]1CCCCN1)N1CCN(C)C(c2ccccc2)(c2ccccc2)C1. The highest BCUT2D eigenvalue weighted by atomic mass is 15.3. The maximum Gasteiger partial charge on any atom is 0.0842 e. The van der Waals surface area contributed by atoms with Crippen LogP contribution in [0.1, 0.15) is 43.7 Å². The average Bonchev–Trinajstić information content (AvgIpc) is 2.77. The molecule has 1 unspecified atom stereocenters. The highest BCUT2D eigenvalue weighted by Gasteiger charge is 2.45. The first-order valence-electron chi connectivity index (χ1n) is 11.1. The van der Waals surface area contributed by atoms with Gasteiger partial charge in [-0.05, 0) is 44.0 Å². The summed E-state index contributed by atoms with van der Waals surface area (Å²) in [4.78, 5) is 5.36. The molecule has 28 heavy (non-hydrogen) atoms. The van der Waals surface area contributed by atoms with Crippen LogP contribution in [0.5, 0.6) is 0 Å². The van der Waals surface area contributed by atoms with Gasteiger partial charge in [0.25, 0.3) is 0 Å². The molecule has 2 fully saturated rings. The van der Waals surface area contributed by atoms with E-state index in [4.69, 9.17) is 0 Å². The Morgan fingerprint density at radius 2 is 1.61 bits per heavy atom. The van der Waals surface area contributed by atoms with E-state index < -0.39 is 0 Å². The van der Waals surface area contributed by atoms with Crippen LogP contribution in [0.15, 0.2) is 60.7 Å². The van der Waals surface area contributed by atoms with Crippen LogP contribution in [-0.2, 0) is 5.54 Å². The molecular weight excluding hydrogens is 342 g/mol. The Labute approximate surface area is 170 Å². The number of hydrogen-bond donors (Lipinski definition) is 1. The van der Waals surface area contributed by atoms with Crippen molar-refractivity contribution in [2.45, 2.75) is 50.2 Å². The first-order chi connectivity index (χ1) is 13.8. The number of likely N-dealkylation sites (N-methyl/N-ethyl adjacent to an activating group) is 1. The number of nitrogens with one attached hydrogen (secondary N) is 1. The van der Waals surface area contributed by atoms with Gasteiger partial charge in [0.15, 0.2) is 0 Å². The maximum absolute atomic E-state index is 3.83. The van der Waals surface area contributed by atoms with Crippen LogP contribution in [0.2, 0.25) is 0 Å². The van der Waals surface area contributed by atoms with E-state index in [2.05, 4.69) is 89.8 Å². The van der Waals surface area contributed by atoms with Gasteiger partial charge in [-0.1, -0.05) is 74.0 Å². The van der Waals surface area contributed by atoms with Crippen molar-refractivity contribution in [1.82, 2.24) is 15.1 Å². The van der Waals surface area contributed by atoms with Crippen molar-refractivity contribution in [3.8, 4) is 0 Å². The summed E-state index contributed by atoms with van der Waals surface area (Å²) in [5, 5.41) is 3.83. The summed E-state index contributed by atoms with van der Waals surface area (Å²) in [6.07, 6.45) is 5.22. The lowest BCUT2D eigenvalue weighted by Crippen LogP contribution is -2.64.